The summed E-state index contributed by atoms with van der Waals surface area (Å²) in [5.74, 6) is -10.4. The lowest BCUT2D eigenvalue weighted by Gasteiger charge is -2.52. The van der Waals surface area contributed by atoms with E-state index in [-0.39, 0.29) is 24.2 Å². The molecule has 4 aliphatic rings. The molecule has 42 heavy (non-hydrogen) atoms. The smallest absolute Gasteiger partial charge is 0.235 e. The molecule has 10 nitrogen and oxygen atoms in total. The number of phenolic OH excluding ortho intramolecular Hbond substituents is 1. The summed E-state index contributed by atoms with van der Waals surface area (Å²) >= 11 is 0. The third-order valence-corrected chi connectivity index (χ3v) is 9.81. The fourth-order valence-electron chi connectivity index (χ4n) is 7.86. The molecule has 0 radical (unpaired) electrons. The number of rotatable bonds is 5. The number of carbonyl (C=O) groups is 5. The van der Waals surface area contributed by atoms with Gasteiger partial charge in [-0.3, -0.25) is 33.8 Å². The zero-order valence-electron chi connectivity index (χ0n) is 23.7. The van der Waals surface area contributed by atoms with Crippen LogP contribution in [0.3, 0.4) is 0 Å². The molecule has 10 heteroatoms. The van der Waals surface area contributed by atoms with E-state index in [2.05, 4.69) is 17.0 Å². The molecule has 1 aliphatic heterocycles. The number of benzene rings is 2. The number of nitrogens with two attached hydrogens (primary N) is 1. The van der Waals surface area contributed by atoms with E-state index in [4.69, 9.17) is 5.73 Å². The Labute approximate surface area is 243 Å². The number of aliphatic hydroxyl groups is 1. The van der Waals surface area contributed by atoms with Gasteiger partial charge in [-0.1, -0.05) is 30.3 Å². The Morgan fingerprint density at radius 3 is 2.31 bits per heavy atom. The van der Waals surface area contributed by atoms with Gasteiger partial charge in [0.2, 0.25) is 5.91 Å². The quantitative estimate of drug-likeness (QED) is 0.446. The van der Waals surface area contributed by atoms with Gasteiger partial charge >= 0.3 is 0 Å². The van der Waals surface area contributed by atoms with Gasteiger partial charge in [0.05, 0.1) is 17.5 Å². The van der Waals surface area contributed by atoms with Gasteiger partial charge in [-0.05, 0) is 87.1 Å². The summed E-state index contributed by atoms with van der Waals surface area (Å²) in [6, 6.07) is 10.1. The molecule has 220 valence electrons. The van der Waals surface area contributed by atoms with E-state index < -0.39 is 64.4 Å². The maximum atomic E-state index is 14.0. The Bertz CT molecular complexity index is 1510. The topological polar surface area (TPSA) is 158 Å². The van der Waals surface area contributed by atoms with Gasteiger partial charge in [-0.25, -0.2) is 0 Å². The number of likely N-dealkylation sites (N-methyl/N-ethyl adjacent to an activating group) is 1. The summed E-state index contributed by atoms with van der Waals surface area (Å²) in [6.07, 6.45) is 2.66. The molecule has 2 unspecified atom stereocenters. The van der Waals surface area contributed by atoms with Crippen LogP contribution in [0.25, 0.3) is 11.1 Å². The minimum Gasteiger partial charge on any atom is -0.507 e. The zero-order chi connectivity index (χ0) is 30.1. The number of nitrogens with zero attached hydrogens (tertiary/aromatic N) is 2. The van der Waals surface area contributed by atoms with Crippen LogP contribution in [-0.2, 0) is 32.1 Å². The molecule has 2 aromatic carbocycles. The highest BCUT2D eigenvalue weighted by Crippen LogP contribution is 2.51. The number of ketones is 4. The summed E-state index contributed by atoms with van der Waals surface area (Å²) in [5.41, 5.74) is 6.04. The minimum atomic E-state index is -2.73. The fourth-order valence-corrected chi connectivity index (χ4v) is 7.86. The van der Waals surface area contributed by atoms with E-state index in [9.17, 15) is 34.2 Å². The molecule has 1 amide bonds. The number of fused-ring (bicyclic) bond motifs is 3. The van der Waals surface area contributed by atoms with Crippen molar-refractivity contribution < 1.29 is 34.2 Å². The molecule has 2 saturated carbocycles. The highest BCUT2D eigenvalue weighted by Gasteiger charge is 2.69. The molecule has 4 N–H and O–H groups in total. The second kappa shape index (κ2) is 10.2. The minimum absolute atomic E-state index is 0.000221. The van der Waals surface area contributed by atoms with Crippen LogP contribution < -0.4 is 5.73 Å². The maximum Gasteiger partial charge on any atom is 0.235 e. The summed E-state index contributed by atoms with van der Waals surface area (Å²) in [5, 5.41) is 22.5. The molecule has 3 aliphatic carbocycles. The van der Waals surface area contributed by atoms with E-state index in [1.807, 2.05) is 12.1 Å². The molecular weight excluding hydrogens is 538 g/mol. The number of phenols is 1. The van der Waals surface area contributed by atoms with Crippen molar-refractivity contribution in [1.82, 2.24) is 9.80 Å². The summed E-state index contributed by atoms with van der Waals surface area (Å²) in [7, 11) is 3.14. The molecule has 6 atom stereocenters. The molecule has 1 heterocycles. The fraction of sp³-hybridized carbons (Fsp3) is 0.469. The van der Waals surface area contributed by atoms with Crippen molar-refractivity contribution in [2.45, 2.75) is 43.9 Å². The van der Waals surface area contributed by atoms with Crippen molar-refractivity contribution in [3.8, 4) is 16.9 Å². The van der Waals surface area contributed by atoms with Gasteiger partial charge in [0.15, 0.2) is 34.7 Å². The second-order valence-electron chi connectivity index (χ2n) is 12.5. The number of Topliss-reactive ketones (excluding diaryl/α,β-unsaturated/α-hetero) is 4. The molecule has 1 saturated heterocycles. The maximum absolute atomic E-state index is 14.0. The van der Waals surface area contributed by atoms with Crippen LogP contribution >= 0.6 is 0 Å². The van der Waals surface area contributed by atoms with E-state index in [0.717, 1.165) is 30.8 Å². The largest absolute Gasteiger partial charge is 0.507 e. The summed E-state index contributed by atoms with van der Waals surface area (Å²) in [4.78, 5) is 70.6. The van der Waals surface area contributed by atoms with E-state index >= 15 is 0 Å². The first-order valence-corrected chi connectivity index (χ1v) is 14.5. The van der Waals surface area contributed by atoms with Crippen molar-refractivity contribution in [2.75, 3.05) is 27.2 Å². The van der Waals surface area contributed by atoms with Crippen molar-refractivity contribution in [3.63, 3.8) is 0 Å². The number of amides is 1. The highest BCUT2D eigenvalue weighted by atomic mass is 16.3. The first-order chi connectivity index (χ1) is 19.9. The number of likely N-dealkylation sites (tertiary alicyclic amines) is 1. The van der Waals surface area contributed by atoms with Crippen LogP contribution in [-0.4, -0.2) is 87.9 Å². The predicted octanol–water partition coefficient (Wildman–Crippen LogP) is 1.13. The average Bonchev–Trinajstić information content (AvgIpc) is 3.44. The lowest BCUT2D eigenvalue weighted by molar-refractivity contribution is -0.181. The number of hydrogen-bond acceptors (Lipinski definition) is 9. The second-order valence-corrected chi connectivity index (χ2v) is 12.5. The molecule has 3 fully saturated rings. The molecule has 0 aromatic heterocycles. The normalized spacial score (nSPS) is 31.2. The third-order valence-electron chi connectivity index (χ3n) is 9.81. The first-order valence-electron chi connectivity index (χ1n) is 14.5. The van der Waals surface area contributed by atoms with Gasteiger partial charge in [0.25, 0.3) is 0 Å². The predicted molar refractivity (Wildman–Crippen MR) is 151 cm³/mol. The van der Waals surface area contributed by atoms with Crippen molar-refractivity contribution in [1.29, 1.82) is 0 Å². The van der Waals surface area contributed by atoms with Crippen molar-refractivity contribution in [2.24, 2.45) is 29.4 Å². The summed E-state index contributed by atoms with van der Waals surface area (Å²) < 4.78 is 0. The SMILES string of the molecule is CN(C)[C@@H]1C(=O)C(C(N)=O)C(=O)[C@@]2(O)C(=O)C3C(=O)c4c(O)ccc(-c5ccc(CN6CCCC6)cc5)c4C[C@H]3C[C@@H]12. The van der Waals surface area contributed by atoms with Crippen LogP contribution in [0.15, 0.2) is 36.4 Å². The Morgan fingerprint density at radius 1 is 1.02 bits per heavy atom. The van der Waals surface area contributed by atoms with E-state index in [1.165, 1.54) is 29.4 Å². The lowest BCUT2D eigenvalue weighted by Crippen LogP contribution is -2.74. The number of carbonyl (C=O) groups excluding carboxylic acids is 5. The monoisotopic (exact) mass is 573 g/mol. The Balaban J connectivity index is 1.39. The molecule has 0 spiro atoms. The Morgan fingerprint density at radius 2 is 1.69 bits per heavy atom. The van der Waals surface area contributed by atoms with Crippen molar-refractivity contribution in [3.05, 3.63) is 53.1 Å². The molecule has 0 bridgehead atoms. The first kappa shape index (κ1) is 28.4. The van der Waals surface area contributed by atoms with Gasteiger partial charge < -0.3 is 15.9 Å². The van der Waals surface area contributed by atoms with Crippen LogP contribution in [0, 0.1) is 23.7 Å². The number of primary amides is 1. The Kier molecular flexibility index (Phi) is 6.91. The van der Waals surface area contributed by atoms with E-state index in [0.29, 0.717) is 5.56 Å². The van der Waals surface area contributed by atoms with Gasteiger partial charge in [0, 0.05) is 12.5 Å². The third kappa shape index (κ3) is 4.15. The standard InChI is InChI=1S/C32H35N3O7/c1-34(2)26-21-14-18-13-20-19(17-7-5-16(6-8-17)15-35-11-3-4-12-35)9-10-22(36)24(20)27(37)23(18)29(39)32(21,42)30(40)25(28(26)38)31(33)41/h5-10,18,21,23,25-26,36,42H,3-4,11-15H2,1-2H3,(H2,33,41)/t18-,21-,23?,25?,26-,32-/m0/s1. The van der Waals surface area contributed by atoms with Crippen LogP contribution in [0.4, 0.5) is 0 Å². The molecule has 2 aromatic rings. The zero-order valence-corrected chi connectivity index (χ0v) is 23.7. The molecular formula is C32H35N3O7. The molecule has 6 rings (SSSR count). The van der Waals surface area contributed by atoms with Crippen LogP contribution in [0.5, 0.6) is 5.75 Å². The van der Waals surface area contributed by atoms with Crippen LogP contribution in [0.1, 0.15) is 40.7 Å². The van der Waals surface area contributed by atoms with Gasteiger partial charge in [0.1, 0.15) is 5.75 Å². The lowest BCUT2D eigenvalue weighted by atomic mass is 9.52. The number of aromatic hydroxyl groups is 1. The highest BCUT2D eigenvalue weighted by molar-refractivity contribution is 6.32. The van der Waals surface area contributed by atoms with Gasteiger partial charge in [-0.15, -0.1) is 0 Å². The van der Waals surface area contributed by atoms with Crippen LogP contribution in [0.2, 0.25) is 0 Å². The van der Waals surface area contributed by atoms with Gasteiger partial charge in [-0.2, -0.15) is 0 Å². The average molecular weight is 574 g/mol. The summed E-state index contributed by atoms with van der Waals surface area (Å²) in [6.45, 7) is 3.04. The number of hydrogen-bond donors (Lipinski definition) is 3. The van der Waals surface area contributed by atoms with E-state index in [1.54, 1.807) is 20.2 Å². The van der Waals surface area contributed by atoms with Crippen molar-refractivity contribution >= 4 is 29.0 Å². The Hall–Kier alpha value is -3.73.